The molecule has 4 aliphatic heterocycles. The predicted octanol–water partition coefficient (Wildman–Crippen LogP) is 2.68. The van der Waals surface area contributed by atoms with Crippen LogP contribution in [0.3, 0.4) is 0 Å². The smallest absolute Gasteiger partial charge is 0.227 e. The number of fused-ring (bicyclic) bond motifs is 3. The van der Waals surface area contributed by atoms with Crippen LogP contribution in [0, 0.1) is 17.8 Å². The zero-order valence-electron chi connectivity index (χ0n) is 21.2. The fourth-order valence-electron chi connectivity index (χ4n) is 6.10. The van der Waals surface area contributed by atoms with Crippen molar-refractivity contribution in [1.29, 1.82) is 0 Å². The largest absolute Gasteiger partial charge is 0.369 e. The van der Waals surface area contributed by atoms with Gasteiger partial charge in [-0.2, -0.15) is 0 Å². The van der Waals surface area contributed by atoms with Crippen molar-refractivity contribution in [2.24, 2.45) is 23.5 Å². The van der Waals surface area contributed by atoms with Gasteiger partial charge in [-0.1, -0.05) is 50.3 Å². The molecule has 35 heavy (non-hydrogen) atoms. The average molecular weight is 479 g/mol. The fraction of sp³-hybridized carbons (Fsp3) is 0.630. The van der Waals surface area contributed by atoms with Gasteiger partial charge in [-0.15, -0.1) is 5.10 Å². The highest BCUT2D eigenvalue weighted by atomic mass is 16.2. The Bertz CT molecular complexity index is 1060. The first-order valence-corrected chi connectivity index (χ1v) is 13.0. The van der Waals surface area contributed by atoms with Crippen LogP contribution < -0.4 is 5.73 Å². The number of amides is 2. The van der Waals surface area contributed by atoms with Crippen molar-refractivity contribution in [3.05, 3.63) is 36.0 Å². The lowest BCUT2D eigenvalue weighted by Gasteiger charge is -2.50. The van der Waals surface area contributed by atoms with E-state index in [0.29, 0.717) is 37.9 Å². The number of carbonyl (C=O) groups excluding carboxylic acids is 2. The number of nitrogens with two attached hydrogens (primary N) is 1. The fourth-order valence-corrected chi connectivity index (χ4v) is 6.10. The SMILES string of the molecule is CC(C)(C)c1ccc(-c2cn(CC3CC4CCN3CC4C(=O)N3CCC(C(N)=O)CC3)nn2)cc1. The molecule has 0 spiro atoms. The minimum atomic E-state index is -0.235. The maximum Gasteiger partial charge on any atom is 0.227 e. The Morgan fingerprint density at radius 1 is 1.06 bits per heavy atom. The molecule has 4 aliphatic rings. The molecule has 188 valence electrons. The lowest BCUT2D eigenvalue weighted by molar-refractivity contribution is -0.146. The molecule has 2 aromatic rings. The van der Waals surface area contributed by atoms with Crippen LogP contribution in [0.25, 0.3) is 11.3 Å². The predicted molar refractivity (Wildman–Crippen MR) is 134 cm³/mol. The van der Waals surface area contributed by atoms with Crippen LogP contribution in [-0.2, 0) is 21.5 Å². The summed E-state index contributed by atoms with van der Waals surface area (Å²) in [6.45, 7) is 10.6. The highest BCUT2D eigenvalue weighted by molar-refractivity contribution is 5.81. The van der Waals surface area contributed by atoms with Gasteiger partial charge in [0.1, 0.15) is 5.69 Å². The Kier molecular flexibility index (Phi) is 6.42. The second kappa shape index (κ2) is 9.37. The van der Waals surface area contributed by atoms with Crippen molar-refractivity contribution in [3.8, 4) is 11.3 Å². The molecule has 0 aliphatic carbocycles. The molecular weight excluding hydrogens is 440 g/mol. The summed E-state index contributed by atoms with van der Waals surface area (Å²) in [6, 6.07) is 8.99. The summed E-state index contributed by atoms with van der Waals surface area (Å²) in [5.41, 5.74) is 8.87. The topological polar surface area (TPSA) is 97.3 Å². The Labute approximate surface area is 207 Å². The molecule has 8 nitrogen and oxygen atoms in total. The Hall–Kier alpha value is -2.74. The van der Waals surface area contributed by atoms with Gasteiger partial charge in [0.15, 0.2) is 0 Å². The summed E-state index contributed by atoms with van der Waals surface area (Å²) in [6.07, 6.45) is 5.52. The summed E-state index contributed by atoms with van der Waals surface area (Å²) in [4.78, 5) is 29.2. The van der Waals surface area contributed by atoms with Gasteiger partial charge in [0.25, 0.3) is 0 Å². The lowest BCUT2D eigenvalue weighted by atomic mass is 9.74. The molecule has 0 saturated carbocycles. The molecule has 2 amide bonds. The number of nitrogens with zero attached hydrogens (tertiary/aromatic N) is 5. The number of hydrogen-bond acceptors (Lipinski definition) is 5. The van der Waals surface area contributed by atoms with Gasteiger partial charge in [0.2, 0.25) is 11.8 Å². The van der Waals surface area contributed by atoms with Crippen LogP contribution in [0.15, 0.2) is 30.5 Å². The van der Waals surface area contributed by atoms with Crippen molar-refractivity contribution < 1.29 is 9.59 Å². The van der Waals surface area contributed by atoms with Gasteiger partial charge >= 0.3 is 0 Å². The van der Waals surface area contributed by atoms with E-state index in [1.165, 1.54) is 5.56 Å². The normalized spacial score (nSPS) is 27.2. The minimum absolute atomic E-state index is 0.0674. The van der Waals surface area contributed by atoms with Crippen LogP contribution in [0.1, 0.15) is 52.0 Å². The van der Waals surface area contributed by atoms with Crippen LogP contribution >= 0.6 is 0 Å². The third-order valence-corrected chi connectivity index (χ3v) is 8.39. The quantitative estimate of drug-likeness (QED) is 0.713. The molecule has 4 unspecified atom stereocenters. The van der Waals surface area contributed by atoms with Crippen molar-refractivity contribution in [3.63, 3.8) is 0 Å². The Morgan fingerprint density at radius 3 is 2.37 bits per heavy atom. The third kappa shape index (κ3) is 4.99. The van der Waals surface area contributed by atoms with E-state index in [4.69, 9.17) is 5.73 Å². The van der Waals surface area contributed by atoms with Gasteiger partial charge in [-0.3, -0.25) is 19.2 Å². The molecule has 1 aromatic heterocycles. The number of aromatic nitrogens is 3. The molecule has 6 rings (SSSR count). The van der Waals surface area contributed by atoms with E-state index in [-0.39, 0.29) is 29.1 Å². The van der Waals surface area contributed by atoms with Crippen molar-refractivity contribution in [1.82, 2.24) is 24.8 Å². The van der Waals surface area contributed by atoms with E-state index < -0.39 is 0 Å². The second-order valence-electron chi connectivity index (χ2n) is 11.7. The lowest BCUT2D eigenvalue weighted by Crippen LogP contribution is -2.59. The first kappa shape index (κ1) is 24.0. The monoisotopic (exact) mass is 478 g/mol. The van der Waals surface area contributed by atoms with E-state index in [1.807, 2.05) is 15.8 Å². The third-order valence-electron chi connectivity index (χ3n) is 8.39. The molecule has 4 saturated heterocycles. The minimum Gasteiger partial charge on any atom is -0.369 e. The summed E-state index contributed by atoms with van der Waals surface area (Å²) in [5.74, 6) is 0.430. The van der Waals surface area contributed by atoms with Gasteiger partial charge in [-0.25, -0.2) is 0 Å². The average Bonchev–Trinajstić information content (AvgIpc) is 3.32. The van der Waals surface area contributed by atoms with Gasteiger partial charge in [0.05, 0.1) is 18.7 Å². The molecule has 1 aromatic carbocycles. The van der Waals surface area contributed by atoms with E-state index >= 15 is 0 Å². The van der Waals surface area contributed by atoms with E-state index in [9.17, 15) is 9.59 Å². The van der Waals surface area contributed by atoms with Crippen LogP contribution in [-0.4, -0.2) is 68.8 Å². The Morgan fingerprint density at radius 2 is 1.77 bits per heavy atom. The number of carbonyl (C=O) groups is 2. The molecule has 4 atom stereocenters. The van der Waals surface area contributed by atoms with Crippen LogP contribution in [0.4, 0.5) is 0 Å². The highest BCUT2D eigenvalue weighted by Crippen LogP contribution is 2.38. The molecule has 0 radical (unpaired) electrons. The molecule has 8 heteroatoms. The van der Waals surface area contributed by atoms with E-state index in [0.717, 1.165) is 43.7 Å². The van der Waals surface area contributed by atoms with Crippen LogP contribution in [0.5, 0.6) is 0 Å². The number of piperidine rings is 4. The number of likely N-dealkylation sites (tertiary alicyclic amines) is 1. The Balaban J connectivity index is 1.19. The van der Waals surface area contributed by atoms with Crippen molar-refractivity contribution in [2.45, 2.75) is 64.5 Å². The summed E-state index contributed by atoms with van der Waals surface area (Å²) >= 11 is 0. The molecule has 4 fully saturated rings. The number of rotatable bonds is 5. The number of benzene rings is 1. The molecular formula is C27H38N6O2. The van der Waals surface area contributed by atoms with E-state index in [1.54, 1.807) is 0 Å². The van der Waals surface area contributed by atoms with E-state index in [2.05, 4.69) is 60.2 Å². The second-order valence-corrected chi connectivity index (χ2v) is 11.7. The first-order valence-electron chi connectivity index (χ1n) is 13.0. The molecule has 5 heterocycles. The zero-order valence-corrected chi connectivity index (χ0v) is 21.2. The summed E-state index contributed by atoms with van der Waals surface area (Å²) in [5, 5.41) is 8.85. The van der Waals surface area contributed by atoms with Gasteiger partial charge in [0, 0.05) is 37.2 Å². The van der Waals surface area contributed by atoms with Gasteiger partial charge < -0.3 is 10.6 Å². The zero-order chi connectivity index (χ0) is 24.7. The molecule has 2 bridgehead atoms. The maximum absolute atomic E-state index is 13.3. The van der Waals surface area contributed by atoms with Gasteiger partial charge in [-0.05, 0) is 49.1 Å². The first-order chi connectivity index (χ1) is 16.7. The van der Waals surface area contributed by atoms with Crippen LogP contribution in [0.2, 0.25) is 0 Å². The van der Waals surface area contributed by atoms with Crippen molar-refractivity contribution >= 4 is 11.8 Å². The highest BCUT2D eigenvalue weighted by Gasteiger charge is 2.45. The standard InChI is InChI=1S/C27H38N6O2/c1-27(2,3)21-6-4-18(5-7-21)24-17-33(30-29-24)15-22-14-20-10-13-32(22)16-23(20)26(35)31-11-8-19(9-12-31)25(28)34/h4-7,17,19-20,22-23H,8-16H2,1-3H3,(H2,28,34). The summed E-state index contributed by atoms with van der Waals surface area (Å²) in [7, 11) is 0. The van der Waals surface area contributed by atoms with Crippen molar-refractivity contribution in [2.75, 3.05) is 26.2 Å². The summed E-state index contributed by atoms with van der Waals surface area (Å²) < 4.78 is 1.96. The number of primary amides is 1. The number of hydrogen-bond donors (Lipinski definition) is 1. The maximum atomic E-state index is 13.3. The molecule has 2 N–H and O–H groups in total.